The number of benzene rings is 2. The third-order valence-corrected chi connectivity index (χ3v) is 5.32. The van der Waals surface area contributed by atoms with E-state index in [9.17, 15) is 4.79 Å². The molecular weight excluding hydrogens is 417 g/mol. The van der Waals surface area contributed by atoms with Crippen molar-refractivity contribution in [2.24, 2.45) is 10.2 Å². The molecule has 9 heteroatoms. The highest BCUT2D eigenvalue weighted by atomic mass is 35.5. The van der Waals surface area contributed by atoms with Crippen molar-refractivity contribution in [2.45, 2.75) is 6.92 Å². The van der Waals surface area contributed by atoms with Crippen LogP contribution in [0.4, 0.5) is 11.4 Å². The van der Waals surface area contributed by atoms with E-state index in [0.717, 1.165) is 11.3 Å². The summed E-state index contributed by atoms with van der Waals surface area (Å²) >= 11 is 13.3. The molecule has 0 radical (unpaired) electrons. The fourth-order valence-electron chi connectivity index (χ4n) is 2.56. The van der Waals surface area contributed by atoms with E-state index in [1.165, 1.54) is 16.0 Å². The predicted molar refractivity (Wildman–Crippen MR) is 113 cm³/mol. The van der Waals surface area contributed by atoms with E-state index in [-0.39, 0.29) is 11.2 Å². The SMILES string of the molecule is Cc1[nH]n(-c2nc(-c3ccccc3)cs2)c(=O)c1N=Nc1ccc(Cl)cc1Cl. The summed E-state index contributed by atoms with van der Waals surface area (Å²) in [7, 11) is 0. The molecular formula is C19H13Cl2N5OS. The number of hydrogen-bond donors (Lipinski definition) is 1. The van der Waals surface area contributed by atoms with E-state index in [2.05, 4.69) is 20.3 Å². The van der Waals surface area contributed by atoms with Crippen molar-refractivity contribution >= 4 is 45.9 Å². The summed E-state index contributed by atoms with van der Waals surface area (Å²) in [6, 6.07) is 14.6. The van der Waals surface area contributed by atoms with Crippen LogP contribution >= 0.6 is 34.5 Å². The Hall–Kier alpha value is -2.74. The van der Waals surface area contributed by atoms with Crippen LogP contribution in [0, 0.1) is 6.92 Å². The van der Waals surface area contributed by atoms with Crippen molar-refractivity contribution < 1.29 is 0 Å². The molecule has 0 aliphatic rings. The minimum Gasteiger partial charge on any atom is -0.291 e. The van der Waals surface area contributed by atoms with Crippen LogP contribution in [0.25, 0.3) is 16.4 Å². The minimum atomic E-state index is -0.333. The van der Waals surface area contributed by atoms with Crippen LogP contribution in [0.5, 0.6) is 0 Å². The van der Waals surface area contributed by atoms with E-state index in [1.807, 2.05) is 35.7 Å². The van der Waals surface area contributed by atoms with Crippen molar-refractivity contribution in [3.63, 3.8) is 0 Å². The van der Waals surface area contributed by atoms with Gasteiger partial charge in [-0.1, -0.05) is 53.5 Å². The highest BCUT2D eigenvalue weighted by molar-refractivity contribution is 7.12. The zero-order valence-corrected chi connectivity index (χ0v) is 16.9. The summed E-state index contributed by atoms with van der Waals surface area (Å²) < 4.78 is 1.37. The molecule has 0 bridgehead atoms. The summed E-state index contributed by atoms with van der Waals surface area (Å²) in [5.41, 5.74) is 2.66. The van der Waals surface area contributed by atoms with Gasteiger partial charge in [-0.15, -0.1) is 21.6 Å². The molecule has 2 aromatic carbocycles. The van der Waals surface area contributed by atoms with Gasteiger partial charge in [-0.05, 0) is 25.1 Å². The highest BCUT2D eigenvalue weighted by Gasteiger charge is 2.15. The van der Waals surface area contributed by atoms with Crippen LogP contribution in [-0.4, -0.2) is 14.8 Å². The Morgan fingerprint density at radius 1 is 1.11 bits per heavy atom. The maximum absolute atomic E-state index is 12.8. The molecule has 0 atom stereocenters. The molecule has 0 saturated carbocycles. The van der Waals surface area contributed by atoms with E-state index in [0.29, 0.717) is 26.6 Å². The summed E-state index contributed by atoms with van der Waals surface area (Å²) in [6.07, 6.45) is 0. The average molecular weight is 430 g/mol. The molecule has 4 rings (SSSR count). The van der Waals surface area contributed by atoms with E-state index < -0.39 is 0 Å². The van der Waals surface area contributed by atoms with Crippen LogP contribution in [0.1, 0.15) is 5.69 Å². The standard InChI is InChI=1S/C19H13Cl2N5OS/c1-11-17(24-23-15-8-7-13(20)9-14(15)21)18(27)26(25-11)19-22-16(10-28-19)12-5-3-2-4-6-12/h2-10,25H,1H3. The normalized spacial score (nSPS) is 11.4. The van der Waals surface area contributed by atoms with Crippen molar-refractivity contribution in [1.29, 1.82) is 0 Å². The monoisotopic (exact) mass is 429 g/mol. The first-order chi connectivity index (χ1) is 13.5. The van der Waals surface area contributed by atoms with Crippen LogP contribution in [0.2, 0.25) is 10.0 Å². The predicted octanol–water partition coefficient (Wildman–Crippen LogP) is 6.32. The lowest BCUT2D eigenvalue weighted by Gasteiger charge is -1.96. The summed E-state index contributed by atoms with van der Waals surface area (Å²) in [4.78, 5) is 17.3. The second-order valence-corrected chi connectivity index (χ2v) is 7.58. The number of halogens is 2. The lowest BCUT2D eigenvalue weighted by Crippen LogP contribution is -2.13. The number of nitrogens with one attached hydrogen (secondary N) is 1. The van der Waals surface area contributed by atoms with Crippen molar-refractivity contribution in [3.8, 4) is 16.4 Å². The Labute approximate surface area is 174 Å². The van der Waals surface area contributed by atoms with Gasteiger partial charge >= 0.3 is 5.56 Å². The van der Waals surface area contributed by atoms with Gasteiger partial charge in [-0.25, -0.2) is 4.98 Å². The summed E-state index contributed by atoms with van der Waals surface area (Å²) in [5.74, 6) is 0. The van der Waals surface area contributed by atoms with Crippen molar-refractivity contribution in [2.75, 3.05) is 0 Å². The largest absolute Gasteiger partial charge is 0.301 e. The maximum atomic E-state index is 12.8. The average Bonchev–Trinajstić information content (AvgIpc) is 3.27. The fourth-order valence-corrected chi connectivity index (χ4v) is 3.80. The number of aromatic amines is 1. The molecule has 6 nitrogen and oxygen atoms in total. The Balaban J connectivity index is 1.68. The maximum Gasteiger partial charge on any atom is 0.301 e. The van der Waals surface area contributed by atoms with Gasteiger partial charge in [0.15, 0.2) is 5.69 Å². The lowest BCUT2D eigenvalue weighted by atomic mass is 10.2. The fraction of sp³-hybridized carbons (Fsp3) is 0.0526. The quantitative estimate of drug-likeness (QED) is 0.385. The Morgan fingerprint density at radius 3 is 2.64 bits per heavy atom. The number of aromatic nitrogens is 3. The van der Waals surface area contributed by atoms with Crippen LogP contribution < -0.4 is 5.56 Å². The Kier molecular flexibility index (Phi) is 5.13. The topological polar surface area (TPSA) is 75.4 Å². The smallest absolute Gasteiger partial charge is 0.291 e. The third kappa shape index (κ3) is 3.64. The number of rotatable bonds is 4. The molecule has 0 amide bonds. The van der Waals surface area contributed by atoms with Crippen LogP contribution in [0.15, 0.2) is 68.9 Å². The molecule has 0 spiro atoms. The van der Waals surface area contributed by atoms with Gasteiger partial charge in [0.2, 0.25) is 5.13 Å². The molecule has 140 valence electrons. The Bertz CT molecular complexity index is 1230. The highest BCUT2D eigenvalue weighted by Crippen LogP contribution is 2.29. The number of azo groups is 1. The van der Waals surface area contributed by atoms with Gasteiger partial charge in [-0.2, -0.15) is 4.68 Å². The van der Waals surface area contributed by atoms with Crippen molar-refractivity contribution in [1.82, 2.24) is 14.8 Å². The molecule has 0 saturated heterocycles. The lowest BCUT2D eigenvalue weighted by molar-refractivity contribution is 0.827. The van der Waals surface area contributed by atoms with Crippen LogP contribution in [-0.2, 0) is 0 Å². The molecule has 1 N–H and O–H groups in total. The minimum absolute atomic E-state index is 0.197. The van der Waals surface area contributed by atoms with E-state index >= 15 is 0 Å². The zero-order valence-electron chi connectivity index (χ0n) is 14.6. The van der Waals surface area contributed by atoms with E-state index in [4.69, 9.17) is 23.2 Å². The van der Waals surface area contributed by atoms with E-state index in [1.54, 1.807) is 25.1 Å². The molecule has 0 unspecified atom stereocenters. The molecule has 0 fully saturated rings. The first-order valence-electron chi connectivity index (χ1n) is 8.22. The van der Waals surface area contributed by atoms with Gasteiger partial charge in [0.1, 0.15) is 5.69 Å². The van der Waals surface area contributed by atoms with Crippen LogP contribution in [0.3, 0.4) is 0 Å². The number of nitrogens with zero attached hydrogens (tertiary/aromatic N) is 4. The van der Waals surface area contributed by atoms with Crippen molar-refractivity contribution in [3.05, 3.63) is 80.0 Å². The first kappa shape index (κ1) is 18.6. The number of hydrogen-bond acceptors (Lipinski definition) is 5. The molecule has 0 aliphatic heterocycles. The number of thiazole rings is 1. The number of H-pyrrole nitrogens is 1. The summed E-state index contributed by atoms with van der Waals surface area (Å²) in [5, 5.41) is 14.5. The molecule has 2 aromatic heterocycles. The first-order valence-corrected chi connectivity index (χ1v) is 9.86. The van der Waals surface area contributed by atoms with Gasteiger partial charge < -0.3 is 0 Å². The van der Waals surface area contributed by atoms with Gasteiger partial charge in [-0.3, -0.25) is 9.89 Å². The summed E-state index contributed by atoms with van der Waals surface area (Å²) in [6.45, 7) is 1.75. The van der Waals surface area contributed by atoms with Gasteiger partial charge in [0.25, 0.3) is 0 Å². The zero-order chi connectivity index (χ0) is 19.7. The van der Waals surface area contributed by atoms with Gasteiger partial charge in [0, 0.05) is 16.0 Å². The second kappa shape index (κ2) is 7.71. The molecule has 28 heavy (non-hydrogen) atoms. The number of aryl methyl sites for hydroxylation is 1. The molecule has 2 heterocycles. The van der Waals surface area contributed by atoms with Gasteiger partial charge in [0.05, 0.1) is 16.4 Å². The molecule has 0 aliphatic carbocycles. The third-order valence-electron chi connectivity index (χ3n) is 3.96. The second-order valence-electron chi connectivity index (χ2n) is 5.90. The molecule has 4 aromatic rings. The Morgan fingerprint density at radius 2 is 1.89 bits per heavy atom.